The minimum Gasteiger partial charge on any atom is -0.418 e. The quantitative estimate of drug-likeness (QED) is 0.502. The van der Waals surface area contributed by atoms with E-state index in [0.717, 1.165) is 0 Å². The van der Waals surface area contributed by atoms with Crippen LogP contribution in [0.4, 0.5) is 0 Å². The molecule has 18 heavy (non-hydrogen) atoms. The van der Waals surface area contributed by atoms with Gasteiger partial charge in [0.1, 0.15) is 17.0 Å². The lowest BCUT2D eigenvalue weighted by Gasteiger charge is -2.08. The maximum Gasteiger partial charge on any atom is 0.524 e. The Morgan fingerprint density at radius 2 is 1.28 bits per heavy atom. The van der Waals surface area contributed by atoms with Gasteiger partial charge in [-0.3, -0.25) is 0 Å². The molecule has 0 saturated carbocycles. The number of nitrogens with zero attached hydrogens (tertiary/aromatic N) is 2. The van der Waals surface area contributed by atoms with Crippen molar-refractivity contribution in [1.82, 2.24) is 4.91 Å². The maximum atomic E-state index is 6.78. The van der Waals surface area contributed by atoms with Crippen molar-refractivity contribution in [2.24, 2.45) is 4.88 Å². The molecule has 0 aliphatic rings. The number of hydrogen-bond donors (Lipinski definition) is 1. The molecule has 0 heterocycles. The van der Waals surface area contributed by atoms with Crippen LogP contribution in [0, 0.1) is 5.53 Å². The van der Waals surface area contributed by atoms with Crippen LogP contribution >= 0.6 is 8.53 Å². The van der Waals surface area contributed by atoms with Crippen molar-refractivity contribution in [2.45, 2.75) is 0 Å². The summed E-state index contributed by atoms with van der Waals surface area (Å²) in [5.74, 6) is 1.26. The highest BCUT2D eigenvalue weighted by molar-refractivity contribution is 7.46. The van der Waals surface area contributed by atoms with E-state index in [1.165, 1.54) is 0 Å². The van der Waals surface area contributed by atoms with Gasteiger partial charge in [-0.1, -0.05) is 36.4 Å². The van der Waals surface area contributed by atoms with Crippen LogP contribution in [0.15, 0.2) is 65.5 Å². The highest BCUT2D eigenvalue weighted by Gasteiger charge is 2.20. The SMILES string of the molecule is N=[N+]=NP(Oc1ccccc1)Oc1ccccc1. The Bertz CT molecular complexity index is 488. The fraction of sp³-hybridized carbons (Fsp3) is 0. The lowest BCUT2D eigenvalue weighted by atomic mass is 10.3. The summed E-state index contributed by atoms with van der Waals surface area (Å²) < 4.78 is 11.0. The summed E-state index contributed by atoms with van der Waals surface area (Å²) in [5.41, 5.74) is 6.78. The van der Waals surface area contributed by atoms with E-state index in [9.17, 15) is 0 Å². The summed E-state index contributed by atoms with van der Waals surface area (Å²) in [4.78, 5) is 6.61. The molecule has 0 aliphatic heterocycles. The molecule has 0 spiro atoms. The van der Waals surface area contributed by atoms with Gasteiger partial charge < -0.3 is 9.05 Å². The molecule has 0 unspecified atom stereocenters. The Balaban J connectivity index is 2.07. The predicted molar refractivity (Wildman–Crippen MR) is 68.3 cm³/mol. The molecule has 0 amide bonds. The van der Waals surface area contributed by atoms with E-state index in [4.69, 9.17) is 14.6 Å². The van der Waals surface area contributed by atoms with Crippen molar-refractivity contribution in [1.29, 1.82) is 5.53 Å². The first-order valence-corrected chi connectivity index (χ1v) is 6.35. The highest BCUT2D eigenvalue weighted by atomic mass is 31.2. The van der Waals surface area contributed by atoms with E-state index in [0.29, 0.717) is 11.5 Å². The van der Waals surface area contributed by atoms with Gasteiger partial charge in [-0.05, 0) is 24.3 Å². The molecule has 0 fully saturated rings. The third kappa shape index (κ3) is 3.67. The summed E-state index contributed by atoms with van der Waals surface area (Å²) in [6.07, 6.45) is 0. The van der Waals surface area contributed by atoms with Crippen molar-refractivity contribution in [2.75, 3.05) is 0 Å². The topological polar surface area (TPSA) is 68.8 Å². The number of rotatable bonds is 5. The molecule has 6 heteroatoms. The van der Waals surface area contributed by atoms with Crippen molar-refractivity contribution in [3.8, 4) is 11.5 Å². The second kappa shape index (κ2) is 6.50. The molecule has 0 atom stereocenters. The minimum atomic E-state index is -1.64. The van der Waals surface area contributed by atoms with E-state index in [1.54, 1.807) is 24.3 Å². The molecule has 2 aromatic rings. The number of para-hydroxylation sites is 2. The van der Waals surface area contributed by atoms with Crippen LogP contribution in [0.1, 0.15) is 0 Å². The molecule has 0 aliphatic carbocycles. The van der Waals surface area contributed by atoms with Gasteiger partial charge in [-0.2, -0.15) is 0 Å². The van der Waals surface area contributed by atoms with Crippen LogP contribution in [0.3, 0.4) is 0 Å². The maximum absolute atomic E-state index is 6.78. The Morgan fingerprint density at radius 3 is 1.67 bits per heavy atom. The van der Waals surface area contributed by atoms with Gasteiger partial charge in [-0.15, -0.1) is 0 Å². The van der Waals surface area contributed by atoms with Gasteiger partial charge in [0.15, 0.2) is 0 Å². The van der Waals surface area contributed by atoms with E-state index in [-0.39, 0.29) is 0 Å². The Labute approximate surface area is 106 Å². The third-order valence-electron chi connectivity index (χ3n) is 1.97. The third-order valence-corrected chi connectivity index (χ3v) is 2.94. The zero-order valence-electron chi connectivity index (χ0n) is 9.43. The average Bonchev–Trinajstić information content (AvgIpc) is 2.41. The van der Waals surface area contributed by atoms with Crippen molar-refractivity contribution < 1.29 is 9.05 Å². The summed E-state index contributed by atoms with van der Waals surface area (Å²) >= 11 is 0. The van der Waals surface area contributed by atoms with E-state index >= 15 is 0 Å². The summed E-state index contributed by atoms with van der Waals surface area (Å²) in [6.45, 7) is 0. The van der Waals surface area contributed by atoms with E-state index < -0.39 is 8.53 Å². The fourth-order valence-electron chi connectivity index (χ4n) is 1.23. The second-order valence-electron chi connectivity index (χ2n) is 3.24. The van der Waals surface area contributed by atoms with Crippen LogP contribution in [0.2, 0.25) is 0 Å². The highest BCUT2D eigenvalue weighted by Crippen LogP contribution is 2.40. The zero-order chi connectivity index (χ0) is 12.6. The number of hydrogen-bond acceptors (Lipinski definition) is 4. The smallest absolute Gasteiger partial charge is 0.418 e. The Kier molecular flexibility index (Phi) is 4.42. The first-order chi connectivity index (χ1) is 8.88. The molecular weight excluding hydrogens is 249 g/mol. The lowest BCUT2D eigenvalue weighted by molar-refractivity contribution is 0.487. The lowest BCUT2D eigenvalue weighted by Crippen LogP contribution is -1.93. The Morgan fingerprint density at radius 1 is 0.833 bits per heavy atom. The van der Waals surface area contributed by atoms with E-state index in [1.807, 2.05) is 36.4 Å². The number of benzene rings is 2. The van der Waals surface area contributed by atoms with Crippen LogP contribution in [0.25, 0.3) is 0 Å². The first kappa shape index (κ1) is 12.2. The van der Waals surface area contributed by atoms with Gasteiger partial charge in [0, 0.05) is 0 Å². The summed E-state index contributed by atoms with van der Waals surface area (Å²) in [7, 11) is -1.64. The largest absolute Gasteiger partial charge is 0.524 e. The molecule has 1 N–H and O–H groups in total. The van der Waals surface area contributed by atoms with Gasteiger partial charge >= 0.3 is 8.53 Å². The van der Waals surface area contributed by atoms with Gasteiger partial charge in [0.2, 0.25) is 9.80 Å². The minimum absolute atomic E-state index is 0.631. The van der Waals surface area contributed by atoms with Gasteiger partial charge in [0.05, 0.1) is 0 Å². The molecule has 0 aromatic heterocycles. The van der Waals surface area contributed by atoms with Crippen LogP contribution in [-0.2, 0) is 0 Å². The molecule has 5 nitrogen and oxygen atoms in total. The summed E-state index contributed by atoms with van der Waals surface area (Å²) in [6, 6.07) is 18.4. The molecule has 0 radical (unpaired) electrons. The Hall–Kier alpha value is -2.22. The molecule has 0 saturated heterocycles. The summed E-state index contributed by atoms with van der Waals surface area (Å²) in [5, 5.41) is 0. The second-order valence-corrected chi connectivity index (χ2v) is 4.26. The van der Waals surface area contributed by atoms with Crippen molar-refractivity contribution >= 4 is 8.53 Å². The van der Waals surface area contributed by atoms with Crippen molar-refractivity contribution in [3.63, 3.8) is 0 Å². The van der Waals surface area contributed by atoms with Crippen LogP contribution in [-0.4, -0.2) is 0 Å². The first-order valence-electron chi connectivity index (χ1n) is 5.22. The zero-order valence-corrected chi connectivity index (χ0v) is 10.3. The molecule has 90 valence electrons. The van der Waals surface area contributed by atoms with Crippen LogP contribution in [0.5, 0.6) is 11.5 Å². The normalized spacial score (nSPS) is 9.61. The van der Waals surface area contributed by atoms with Gasteiger partial charge in [-0.25, -0.2) is 0 Å². The molecule has 2 aromatic carbocycles. The predicted octanol–water partition coefficient (Wildman–Crippen LogP) is 3.92. The fourth-order valence-corrected chi connectivity index (χ4v) is 2.02. The molecular formula is C12H11N3O2P+. The number of nitrogens with one attached hydrogen (secondary N) is 1. The standard InChI is InChI=1S/C12H11N3O2P/c13-14-15-18(16-11-7-3-1-4-8-11)17-12-9-5-2-6-10-12/h1-10,13H/q+1. The average molecular weight is 260 g/mol. The van der Waals surface area contributed by atoms with Crippen LogP contribution < -0.4 is 14.0 Å². The van der Waals surface area contributed by atoms with Gasteiger partial charge in [0.25, 0.3) is 0 Å². The monoisotopic (exact) mass is 260 g/mol. The van der Waals surface area contributed by atoms with Crippen molar-refractivity contribution in [3.05, 3.63) is 60.7 Å². The molecule has 2 rings (SSSR count). The van der Waals surface area contributed by atoms with E-state index in [2.05, 4.69) is 9.80 Å². The molecule has 0 bridgehead atoms.